The highest BCUT2D eigenvalue weighted by Gasteiger charge is 2.72. The number of aromatic nitrogens is 4. The normalized spacial score (nSPS) is 27.1. The summed E-state index contributed by atoms with van der Waals surface area (Å²) in [6, 6.07) is 8.60. The summed E-state index contributed by atoms with van der Waals surface area (Å²) in [4.78, 5) is 48.8. The first kappa shape index (κ1) is 23.2. The van der Waals surface area contributed by atoms with Gasteiger partial charge in [0.1, 0.15) is 17.4 Å². The molecule has 0 radical (unpaired) electrons. The largest absolute Gasteiger partial charge is 0.462 e. The van der Waals surface area contributed by atoms with Gasteiger partial charge < -0.3 is 18.9 Å². The Morgan fingerprint density at radius 2 is 1.86 bits per heavy atom. The van der Waals surface area contributed by atoms with Gasteiger partial charge in [0.15, 0.2) is 29.2 Å². The molecule has 0 bridgehead atoms. The quantitative estimate of drug-likeness (QED) is 0.282. The molecule has 2 aromatic heterocycles. The predicted molar refractivity (Wildman–Crippen MR) is 119 cm³/mol. The van der Waals surface area contributed by atoms with Crippen molar-refractivity contribution in [2.45, 2.75) is 44.3 Å². The molecule has 1 aliphatic carbocycles. The fraction of sp³-hybridized carbons (Fsp3) is 0.391. The second-order valence-corrected chi connectivity index (χ2v) is 8.78. The first-order valence-corrected chi connectivity index (χ1v) is 11.3. The van der Waals surface area contributed by atoms with Gasteiger partial charge >= 0.3 is 17.9 Å². The molecular weight excluding hydrogens is 480 g/mol. The van der Waals surface area contributed by atoms with Crippen LogP contribution in [0.3, 0.4) is 0 Å². The first-order valence-electron chi connectivity index (χ1n) is 10.9. The number of rotatable bonds is 6. The Balaban J connectivity index is 1.44. The van der Waals surface area contributed by atoms with E-state index in [2.05, 4.69) is 15.0 Å². The van der Waals surface area contributed by atoms with Crippen LogP contribution < -0.4 is 0 Å². The topological polar surface area (TPSA) is 132 Å². The molecule has 35 heavy (non-hydrogen) atoms. The molecule has 5 atom stereocenters. The van der Waals surface area contributed by atoms with E-state index in [0.29, 0.717) is 23.1 Å². The van der Waals surface area contributed by atoms with Crippen LogP contribution >= 0.6 is 11.6 Å². The van der Waals surface area contributed by atoms with Crippen molar-refractivity contribution >= 4 is 40.7 Å². The number of carbonyl (C=O) groups is 3. The summed E-state index contributed by atoms with van der Waals surface area (Å²) in [6.45, 7) is 2.55. The number of esters is 3. The number of benzene rings is 1. The van der Waals surface area contributed by atoms with E-state index in [9.17, 15) is 14.4 Å². The van der Waals surface area contributed by atoms with Gasteiger partial charge in [0.2, 0.25) is 0 Å². The zero-order chi connectivity index (χ0) is 24.7. The van der Waals surface area contributed by atoms with E-state index in [-0.39, 0.29) is 17.7 Å². The molecule has 2 fully saturated rings. The highest BCUT2D eigenvalue weighted by Crippen LogP contribution is 2.59. The minimum atomic E-state index is -1.03. The molecule has 1 saturated heterocycles. The number of halogens is 1. The van der Waals surface area contributed by atoms with E-state index in [1.165, 1.54) is 26.5 Å². The molecule has 0 N–H and O–H groups in total. The molecule has 182 valence electrons. The average molecular weight is 501 g/mol. The number of hydrogen-bond acceptors (Lipinski definition) is 10. The van der Waals surface area contributed by atoms with E-state index < -0.39 is 41.9 Å². The molecular formula is C23H21ClN4O7. The molecule has 1 aromatic carbocycles. The lowest BCUT2D eigenvalue weighted by atomic mass is 10.1. The van der Waals surface area contributed by atoms with Gasteiger partial charge in [-0.3, -0.25) is 14.2 Å². The Hall–Kier alpha value is -3.57. The molecule has 3 aromatic rings. The Kier molecular flexibility index (Phi) is 5.89. The zero-order valence-corrected chi connectivity index (χ0v) is 19.5. The van der Waals surface area contributed by atoms with Gasteiger partial charge in [-0.15, -0.1) is 0 Å². The summed E-state index contributed by atoms with van der Waals surface area (Å²) >= 11 is 6.14. The Morgan fingerprint density at radius 3 is 2.57 bits per heavy atom. The molecule has 12 heteroatoms. The van der Waals surface area contributed by atoms with E-state index >= 15 is 0 Å². The van der Waals surface area contributed by atoms with Crippen LogP contribution in [0, 0.1) is 5.92 Å². The molecule has 0 amide bonds. The molecule has 1 spiro atoms. The van der Waals surface area contributed by atoms with E-state index in [4.69, 9.17) is 30.5 Å². The van der Waals surface area contributed by atoms with Crippen LogP contribution in [-0.4, -0.2) is 61.8 Å². The van der Waals surface area contributed by atoms with Crippen LogP contribution in [0.4, 0.5) is 0 Å². The smallest absolute Gasteiger partial charge is 0.338 e. The molecule has 11 nitrogen and oxygen atoms in total. The third-order valence-corrected chi connectivity index (χ3v) is 6.38. The van der Waals surface area contributed by atoms with Crippen molar-refractivity contribution in [3.05, 3.63) is 53.7 Å². The number of imidazole rings is 1. The number of nitrogens with zero attached hydrogens (tertiary/aromatic N) is 4. The van der Waals surface area contributed by atoms with Gasteiger partial charge in [-0.05, 0) is 18.6 Å². The lowest BCUT2D eigenvalue weighted by molar-refractivity contribution is -0.166. The minimum Gasteiger partial charge on any atom is -0.462 e. The van der Waals surface area contributed by atoms with Crippen LogP contribution in [0.1, 0.15) is 36.9 Å². The van der Waals surface area contributed by atoms with Crippen LogP contribution in [0.5, 0.6) is 0 Å². The van der Waals surface area contributed by atoms with Gasteiger partial charge in [-0.1, -0.05) is 29.8 Å². The van der Waals surface area contributed by atoms with Gasteiger partial charge in [0, 0.05) is 19.8 Å². The molecule has 1 aliphatic heterocycles. The summed E-state index contributed by atoms with van der Waals surface area (Å²) in [5.41, 5.74) is 0.0936. The van der Waals surface area contributed by atoms with Crippen molar-refractivity contribution in [1.82, 2.24) is 19.5 Å². The highest BCUT2D eigenvalue weighted by molar-refractivity contribution is 6.33. The zero-order valence-electron chi connectivity index (χ0n) is 18.8. The maximum Gasteiger partial charge on any atom is 0.338 e. The summed E-state index contributed by atoms with van der Waals surface area (Å²) in [7, 11) is 0. The van der Waals surface area contributed by atoms with E-state index in [1.54, 1.807) is 34.9 Å². The van der Waals surface area contributed by atoms with Crippen LogP contribution in [0.2, 0.25) is 5.15 Å². The summed E-state index contributed by atoms with van der Waals surface area (Å²) in [5, 5.41) is 0.152. The van der Waals surface area contributed by atoms with Gasteiger partial charge in [0.05, 0.1) is 18.5 Å². The van der Waals surface area contributed by atoms with Gasteiger partial charge in [-0.2, -0.15) is 0 Å². The third-order valence-electron chi connectivity index (χ3n) is 6.11. The highest BCUT2D eigenvalue weighted by atomic mass is 35.5. The average Bonchev–Trinajstić information content (AvgIpc) is 3.22. The van der Waals surface area contributed by atoms with E-state index in [0.717, 1.165) is 0 Å². The van der Waals surface area contributed by atoms with Crippen molar-refractivity contribution in [3.8, 4) is 0 Å². The summed E-state index contributed by atoms with van der Waals surface area (Å²) in [5.74, 6) is -1.92. The van der Waals surface area contributed by atoms with Crippen molar-refractivity contribution in [2.24, 2.45) is 5.92 Å². The van der Waals surface area contributed by atoms with E-state index in [1.807, 2.05) is 0 Å². The van der Waals surface area contributed by atoms with Crippen molar-refractivity contribution in [2.75, 3.05) is 6.61 Å². The maximum absolute atomic E-state index is 12.4. The molecule has 3 unspecified atom stereocenters. The standard InChI is InChI=1S/C23H21ClN4O7/c1-12(29)33-17-18(34-13(2)30)23(8-15(23)9-32-22(31)14-6-4-3-5-7-14)35-21(17)28-11-27-16-19(24)25-10-26-20(16)28/h3-7,10-11,15,17-18,21H,8-9H2,1-2H3/t15-,17?,18?,21?,23+/m1/s1. The second-order valence-electron chi connectivity index (χ2n) is 8.42. The minimum absolute atomic E-state index is 0.0314. The number of ether oxygens (including phenoxy) is 4. The fourth-order valence-corrected chi connectivity index (χ4v) is 4.70. The number of hydrogen-bond donors (Lipinski definition) is 0. The third kappa shape index (κ3) is 4.21. The summed E-state index contributed by atoms with van der Waals surface area (Å²) < 4.78 is 24.7. The van der Waals surface area contributed by atoms with Crippen LogP contribution in [-0.2, 0) is 28.5 Å². The fourth-order valence-electron chi connectivity index (χ4n) is 4.52. The predicted octanol–water partition coefficient (Wildman–Crippen LogP) is 2.49. The number of carbonyl (C=O) groups excluding carboxylic acids is 3. The van der Waals surface area contributed by atoms with Gasteiger partial charge in [-0.25, -0.2) is 19.7 Å². The molecule has 5 rings (SSSR count). The van der Waals surface area contributed by atoms with Gasteiger partial charge in [0.25, 0.3) is 0 Å². The number of fused-ring (bicyclic) bond motifs is 1. The lowest BCUT2D eigenvalue weighted by Crippen LogP contribution is -2.41. The van der Waals surface area contributed by atoms with Crippen LogP contribution in [0.15, 0.2) is 43.0 Å². The Morgan fingerprint density at radius 1 is 1.11 bits per heavy atom. The maximum atomic E-state index is 12.4. The van der Waals surface area contributed by atoms with Crippen molar-refractivity contribution in [3.63, 3.8) is 0 Å². The summed E-state index contributed by atoms with van der Waals surface area (Å²) in [6.07, 6.45) is 0.281. The SMILES string of the molecule is CC(=O)OC1C(n2cnc3c(Cl)ncnc32)O[C@]2(C[C@@H]2COC(=O)c2ccccc2)C1OC(C)=O. The lowest BCUT2D eigenvalue weighted by Gasteiger charge is -2.24. The Labute approximate surface area is 204 Å². The first-order chi connectivity index (χ1) is 16.8. The van der Waals surface area contributed by atoms with Crippen molar-refractivity contribution in [1.29, 1.82) is 0 Å². The molecule has 1 saturated carbocycles. The Bertz CT molecular complexity index is 1300. The monoisotopic (exact) mass is 500 g/mol. The molecule has 2 aliphatic rings. The van der Waals surface area contributed by atoms with Crippen LogP contribution in [0.25, 0.3) is 11.2 Å². The molecule has 3 heterocycles. The van der Waals surface area contributed by atoms with Crippen molar-refractivity contribution < 1.29 is 33.3 Å². The second kappa shape index (κ2) is 8.90.